The second-order valence-corrected chi connectivity index (χ2v) is 7.62. The maximum Gasteiger partial charge on any atom is 0.240 e. The van der Waals surface area contributed by atoms with Gasteiger partial charge in [0.2, 0.25) is 10.0 Å². The largest absolute Gasteiger partial charge is 0.272 e. The molecule has 1 aromatic heterocycles. The van der Waals surface area contributed by atoms with Gasteiger partial charge in [0.25, 0.3) is 0 Å². The lowest BCUT2D eigenvalue weighted by molar-refractivity contribution is 0.551. The lowest BCUT2D eigenvalue weighted by Crippen LogP contribution is -2.25. The molecule has 0 saturated carbocycles. The van der Waals surface area contributed by atoms with Gasteiger partial charge in [-0.25, -0.2) is 13.1 Å². The molecule has 1 unspecified atom stereocenters. The molecule has 0 aliphatic carbocycles. The first-order chi connectivity index (χ1) is 10.9. The lowest BCUT2D eigenvalue weighted by atomic mass is 9.99. The van der Waals surface area contributed by atoms with Gasteiger partial charge in [-0.15, -0.1) is 0 Å². The molecule has 0 saturated heterocycles. The van der Waals surface area contributed by atoms with Crippen molar-refractivity contribution in [2.45, 2.75) is 51.0 Å². The van der Waals surface area contributed by atoms with Gasteiger partial charge in [-0.2, -0.15) is 5.10 Å². The SMILES string of the molecule is CCC(C)c1ccc(S(=O)(=O)NCCCn2ccc(C)n2)cc1. The van der Waals surface area contributed by atoms with Crippen LogP contribution in [0.5, 0.6) is 0 Å². The fourth-order valence-corrected chi connectivity index (χ4v) is 3.40. The van der Waals surface area contributed by atoms with Crippen LogP contribution in [0, 0.1) is 6.92 Å². The number of rotatable bonds is 8. The van der Waals surface area contributed by atoms with Gasteiger partial charge in [-0.05, 0) is 49.4 Å². The zero-order valence-electron chi connectivity index (χ0n) is 14.0. The number of hydrogen-bond acceptors (Lipinski definition) is 3. The predicted octanol–water partition coefficient (Wildman–Crippen LogP) is 3.07. The summed E-state index contributed by atoms with van der Waals surface area (Å²) in [6.45, 7) is 7.29. The molecule has 0 aliphatic heterocycles. The van der Waals surface area contributed by atoms with Crippen molar-refractivity contribution in [3.8, 4) is 0 Å². The van der Waals surface area contributed by atoms with Crippen molar-refractivity contribution in [3.63, 3.8) is 0 Å². The fraction of sp³-hybridized carbons (Fsp3) is 0.471. The van der Waals surface area contributed by atoms with Crippen LogP contribution < -0.4 is 4.72 Å². The van der Waals surface area contributed by atoms with Gasteiger partial charge in [-0.3, -0.25) is 4.68 Å². The third-order valence-corrected chi connectivity index (χ3v) is 5.48. The summed E-state index contributed by atoms with van der Waals surface area (Å²) >= 11 is 0. The van der Waals surface area contributed by atoms with E-state index in [0.717, 1.165) is 12.1 Å². The molecule has 0 radical (unpaired) electrons. The number of hydrogen-bond donors (Lipinski definition) is 1. The molecule has 0 aliphatic rings. The van der Waals surface area contributed by atoms with Gasteiger partial charge in [0, 0.05) is 19.3 Å². The quantitative estimate of drug-likeness (QED) is 0.754. The van der Waals surface area contributed by atoms with Crippen LogP contribution >= 0.6 is 0 Å². The van der Waals surface area contributed by atoms with Crippen LogP contribution in [0.1, 0.15) is 43.9 Å². The molecule has 1 aromatic carbocycles. The minimum Gasteiger partial charge on any atom is -0.272 e. The third-order valence-electron chi connectivity index (χ3n) is 4.00. The Morgan fingerprint density at radius 3 is 2.48 bits per heavy atom. The highest BCUT2D eigenvalue weighted by atomic mass is 32.2. The number of nitrogens with one attached hydrogen (secondary N) is 1. The van der Waals surface area contributed by atoms with Crippen LogP contribution in [0.25, 0.3) is 0 Å². The van der Waals surface area contributed by atoms with E-state index in [2.05, 4.69) is 23.7 Å². The number of benzene rings is 1. The Labute approximate surface area is 138 Å². The Hall–Kier alpha value is -1.66. The molecule has 1 atom stereocenters. The Morgan fingerprint density at radius 2 is 1.91 bits per heavy atom. The van der Waals surface area contributed by atoms with Crippen LogP contribution in [-0.2, 0) is 16.6 Å². The van der Waals surface area contributed by atoms with Gasteiger partial charge in [0.05, 0.1) is 10.6 Å². The van der Waals surface area contributed by atoms with E-state index in [1.807, 2.05) is 36.0 Å². The third kappa shape index (κ3) is 4.91. The van der Waals surface area contributed by atoms with E-state index in [1.165, 1.54) is 5.56 Å². The summed E-state index contributed by atoms with van der Waals surface area (Å²) in [6.07, 6.45) is 3.64. The summed E-state index contributed by atoms with van der Waals surface area (Å²) in [7, 11) is -3.44. The van der Waals surface area contributed by atoms with Crippen LogP contribution in [0.3, 0.4) is 0 Å². The average Bonchev–Trinajstić information content (AvgIpc) is 2.96. The van der Waals surface area contributed by atoms with Gasteiger partial charge in [-0.1, -0.05) is 26.0 Å². The molecule has 0 amide bonds. The Kier molecular flexibility index (Phi) is 5.96. The second-order valence-electron chi connectivity index (χ2n) is 5.85. The number of sulfonamides is 1. The molecule has 2 rings (SSSR count). The molecule has 126 valence electrons. The van der Waals surface area contributed by atoms with Crippen molar-refractivity contribution in [1.82, 2.24) is 14.5 Å². The summed E-state index contributed by atoms with van der Waals surface area (Å²) < 4.78 is 29.0. The molecule has 23 heavy (non-hydrogen) atoms. The van der Waals surface area contributed by atoms with E-state index in [1.54, 1.807) is 12.1 Å². The summed E-state index contributed by atoms with van der Waals surface area (Å²) in [5.41, 5.74) is 2.13. The fourth-order valence-electron chi connectivity index (χ4n) is 2.33. The minimum absolute atomic E-state index is 0.319. The first-order valence-corrected chi connectivity index (χ1v) is 9.50. The lowest BCUT2D eigenvalue weighted by Gasteiger charge is -2.11. The van der Waals surface area contributed by atoms with E-state index in [4.69, 9.17) is 0 Å². The van der Waals surface area contributed by atoms with Gasteiger partial charge < -0.3 is 0 Å². The molecule has 0 bridgehead atoms. The monoisotopic (exact) mass is 335 g/mol. The van der Waals surface area contributed by atoms with Crippen molar-refractivity contribution < 1.29 is 8.42 Å². The zero-order valence-corrected chi connectivity index (χ0v) is 14.8. The first kappa shape index (κ1) is 17.7. The smallest absolute Gasteiger partial charge is 0.240 e. The average molecular weight is 335 g/mol. The van der Waals surface area contributed by atoms with Crippen molar-refractivity contribution in [2.24, 2.45) is 0 Å². The highest BCUT2D eigenvalue weighted by Crippen LogP contribution is 2.20. The number of aromatic nitrogens is 2. The van der Waals surface area contributed by atoms with E-state index in [-0.39, 0.29) is 0 Å². The van der Waals surface area contributed by atoms with E-state index < -0.39 is 10.0 Å². The topological polar surface area (TPSA) is 64.0 Å². The van der Waals surface area contributed by atoms with Gasteiger partial charge in [0.15, 0.2) is 0 Å². The second kappa shape index (κ2) is 7.75. The minimum atomic E-state index is -3.44. The van der Waals surface area contributed by atoms with Crippen LogP contribution in [0.2, 0.25) is 0 Å². The molecule has 5 nitrogen and oxygen atoms in total. The number of aryl methyl sites for hydroxylation is 2. The van der Waals surface area contributed by atoms with Gasteiger partial charge >= 0.3 is 0 Å². The van der Waals surface area contributed by atoms with E-state index in [9.17, 15) is 8.42 Å². The van der Waals surface area contributed by atoms with Gasteiger partial charge in [0.1, 0.15) is 0 Å². The molecule has 1 N–H and O–H groups in total. The molecule has 2 aromatic rings. The summed E-state index contributed by atoms with van der Waals surface area (Å²) in [4.78, 5) is 0.319. The zero-order chi connectivity index (χ0) is 16.9. The van der Waals surface area contributed by atoms with Crippen LogP contribution in [-0.4, -0.2) is 24.7 Å². The van der Waals surface area contributed by atoms with Crippen LogP contribution in [0.15, 0.2) is 41.4 Å². The van der Waals surface area contributed by atoms with Crippen LogP contribution in [0.4, 0.5) is 0 Å². The van der Waals surface area contributed by atoms with Crippen molar-refractivity contribution in [3.05, 3.63) is 47.8 Å². The Balaban J connectivity index is 1.88. The van der Waals surface area contributed by atoms with Crippen molar-refractivity contribution in [2.75, 3.05) is 6.54 Å². The normalized spacial score (nSPS) is 13.2. The summed E-state index contributed by atoms with van der Waals surface area (Å²) in [6, 6.07) is 9.09. The molecule has 6 heteroatoms. The van der Waals surface area contributed by atoms with Crippen molar-refractivity contribution >= 4 is 10.0 Å². The van der Waals surface area contributed by atoms with E-state index >= 15 is 0 Å². The molecular weight excluding hydrogens is 310 g/mol. The molecule has 0 spiro atoms. The van der Waals surface area contributed by atoms with E-state index in [0.29, 0.717) is 30.3 Å². The molecule has 0 fully saturated rings. The molecular formula is C17H25N3O2S. The first-order valence-electron chi connectivity index (χ1n) is 8.02. The standard InChI is InChI=1S/C17H25N3O2S/c1-4-14(2)16-6-8-17(9-7-16)23(21,22)18-11-5-12-20-13-10-15(3)19-20/h6-10,13-14,18H,4-5,11-12H2,1-3H3. The highest BCUT2D eigenvalue weighted by Gasteiger charge is 2.13. The Morgan fingerprint density at radius 1 is 1.22 bits per heavy atom. The predicted molar refractivity (Wildman–Crippen MR) is 91.9 cm³/mol. The number of nitrogens with zero attached hydrogens (tertiary/aromatic N) is 2. The maximum absolute atomic E-state index is 12.3. The summed E-state index contributed by atoms with van der Waals surface area (Å²) in [5.74, 6) is 0.442. The Bertz CT molecular complexity index is 721. The molecule has 1 heterocycles. The summed E-state index contributed by atoms with van der Waals surface area (Å²) in [5, 5.41) is 4.28. The van der Waals surface area contributed by atoms with Crippen molar-refractivity contribution in [1.29, 1.82) is 0 Å². The maximum atomic E-state index is 12.3. The highest BCUT2D eigenvalue weighted by molar-refractivity contribution is 7.89.